The topological polar surface area (TPSA) is 188 Å². The molecule has 0 atom stereocenters. The molecule has 7 rings (SSSR count). The van der Waals surface area contributed by atoms with Gasteiger partial charge in [0.1, 0.15) is 23.0 Å². The Morgan fingerprint density at radius 3 is 1.03 bits per heavy atom. The van der Waals surface area contributed by atoms with Crippen molar-refractivity contribution in [1.82, 2.24) is 0 Å². The van der Waals surface area contributed by atoms with Gasteiger partial charge >= 0.3 is 0 Å². The molecule has 8 bridgehead atoms. The lowest BCUT2D eigenvalue weighted by Gasteiger charge is -2.24. The molecule has 2 amide bonds. The zero-order valence-corrected chi connectivity index (χ0v) is 41.3. The second-order valence-electron chi connectivity index (χ2n) is 17.5. The molecule has 0 aliphatic heterocycles. The smallest absolute Gasteiger partial charge is 0.262 e. The molecule has 0 unspecified atom stereocenters. The van der Waals surface area contributed by atoms with Gasteiger partial charge in [0, 0.05) is 59.3 Å². The Hall–Kier alpha value is -8.00. The third-order valence-corrected chi connectivity index (χ3v) is 11.8. The number of phenolic OH excluding ortho intramolecular Hbond substituents is 2. The molecule has 0 radical (unpaired) electrons. The van der Waals surface area contributed by atoms with Gasteiger partial charge in [-0.05, 0) is 96.5 Å². The summed E-state index contributed by atoms with van der Waals surface area (Å²) in [6.45, 7) is 9.09. The van der Waals surface area contributed by atoms with Crippen LogP contribution in [0.2, 0.25) is 0 Å². The number of aldehydes is 2. The van der Waals surface area contributed by atoms with Crippen molar-refractivity contribution in [3.05, 3.63) is 153 Å². The number of amides is 2. The minimum absolute atomic E-state index is 0.00827. The molecule has 0 saturated carbocycles. The number of ether oxygens (including phenoxy) is 6. The molecule has 6 aromatic carbocycles. The minimum Gasteiger partial charge on any atom is -0.504 e. The van der Waals surface area contributed by atoms with Crippen molar-refractivity contribution in [1.29, 1.82) is 0 Å². The van der Waals surface area contributed by atoms with Crippen molar-refractivity contribution in [3.63, 3.8) is 0 Å². The zero-order chi connectivity index (χ0) is 51.0. The molecule has 0 fully saturated rings. The molecular weight excluding hydrogens is 917 g/mol. The van der Waals surface area contributed by atoms with E-state index in [9.17, 15) is 29.4 Å². The number of hydrogen-bond donors (Lipinski definition) is 4. The van der Waals surface area contributed by atoms with Gasteiger partial charge in [-0.2, -0.15) is 0 Å². The molecule has 0 aromatic heterocycles. The number of phenols is 2. The van der Waals surface area contributed by atoms with E-state index < -0.39 is 25.0 Å². The summed E-state index contributed by atoms with van der Waals surface area (Å²) in [5, 5.41) is 27.1. The highest BCUT2D eigenvalue weighted by molar-refractivity contribution is 5.93. The fourth-order valence-corrected chi connectivity index (χ4v) is 8.57. The molecule has 1 aliphatic rings. The average Bonchev–Trinajstić information content (AvgIpc) is 3.37. The maximum Gasteiger partial charge on any atom is 0.262 e. The maximum atomic E-state index is 13.7. The van der Waals surface area contributed by atoms with Gasteiger partial charge in [0.25, 0.3) is 11.8 Å². The lowest BCUT2D eigenvalue weighted by atomic mass is 9.90. The van der Waals surface area contributed by atoms with Crippen molar-refractivity contribution in [2.24, 2.45) is 0 Å². The Balaban J connectivity index is 1.36. The molecule has 4 N–H and O–H groups in total. The van der Waals surface area contributed by atoms with Gasteiger partial charge in [0.15, 0.2) is 48.8 Å². The molecule has 1 aliphatic carbocycles. The predicted octanol–water partition coefficient (Wildman–Crippen LogP) is 10.6. The quantitative estimate of drug-likeness (QED) is 0.0471. The lowest BCUT2D eigenvalue weighted by Crippen LogP contribution is -2.21. The van der Waals surface area contributed by atoms with E-state index in [1.165, 1.54) is 24.3 Å². The fraction of sp³-hybridized carbons (Fsp3) is 0.310. The van der Waals surface area contributed by atoms with E-state index in [0.29, 0.717) is 99.1 Å². The third kappa shape index (κ3) is 12.8. The predicted molar refractivity (Wildman–Crippen MR) is 275 cm³/mol. The minimum atomic E-state index is -0.482. The number of nitrogens with one attached hydrogen (secondary N) is 2. The van der Waals surface area contributed by atoms with E-state index >= 15 is 0 Å². The van der Waals surface area contributed by atoms with Gasteiger partial charge in [-0.1, -0.05) is 76.2 Å². The van der Waals surface area contributed by atoms with E-state index in [1.54, 1.807) is 12.1 Å². The first kappa shape index (κ1) is 51.8. The summed E-state index contributed by atoms with van der Waals surface area (Å²) < 4.78 is 38.1. The number of rotatable bonds is 22. The summed E-state index contributed by atoms with van der Waals surface area (Å²) in [6, 6.07) is 28.7. The number of carbonyl (C=O) groups is 4. The van der Waals surface area contributed by atoms with Crippen LogP contribution in [0.5, 0.6) is 46.0 Å². The van der Waals surface area contributed by atoms with Crippen LogP contribution >= 0.6 is 0 Å². The summed E-state index contributed by atoms with van der Waals surface area (Å²) in [5.74, 6) is 1.11. The average molecular weight is 979 g/mol. The highest BCUT2D eigenvalue weighted by atomic mass is 16.5. The number of fused-ring (bicyclic) bond motifs is 8. The summed E-state index contributed by atoms with van der Waals surface area (Å²) in [4.78, 5) is 50.3. The van der Waals surface area contributed by atoms with Crippen LogP contribution in [-0.2, 0) is 35.3 Å². The molecule has 0 spiro atoms. The molecule has 6 aromatic rings. The van der Waals surface area contributed by atoms with Crippen LogP contribution in [0.4, 0.5) is 11.4 Å². The van der Waals surface area contributed by atoms with Crippen molar-refractivity contribution < 1.29 is 57.8 Å². The van der Waals surface area contributed by atoms with Crippen LogP contribution in [0.15, 0.2) is 97.1 Å². The van der Waals surface area contributed by atoms with Crippen molar-refractivity contribution in [2.45, 2.75) is 79.1 Å². The maximum absolute atomic E-state index is 13.7. The number of hydrogen-bond acceptors (Lipinski definition) is 12. The van der Waals surface area contributed by atoms with E-state index in [4.69, 9.17) is 28.4 Å². The molecule has 14 heteroatoms. The Labute approximate surface area is 420 Å². The largest absolute Gasteiger partial charge is 0.504 e. The summed E-state index contributed by atoms with van der Waals surface area (Å²) in [7, 11) is 0. The highest BCUT2D eigenvalue weighted by Crippen LogP contribution is 2.41. The van der Waals surface area contributed by atoms with E-state index in [2.05, 4.69) is 24.5 Å². The number of carbonyl (C=O) groups excluding carboxylic acids is 4. The van der Waals surface area contributed by atoms with Gasteiger partial charge in [0.2, 0.25) is 0 Å². The standard InChI is InChI=1S/C58H62N2O12/c1-5-21-67-55-37-13-9-14-38(55)26-44-30-48(60-52(64)36-72-50-20-12-18-42(34-62)54(50)66)32-46(58(44)70-24-8-4)28-40-16-10-15-39(56(40)68-22-6-2)27-45-31-47(29-43(25-37)57(45)69-23-7-3)59-51(63)35-71-49-19-11-17-41(33-61)53(49)65/h9-20,29-34,65-66H,5-8,21-28,35-36H2,1-4H3,(H,59,63)(H,60,64). The number of para-hydroxylation sites is 4. The number of aromatic hydroxyl groups is 2. The highest BCUT2D eigenvalue weighted by Gasteiger charge is 2.24. The third-order valence-electron chi connectivity index (χ3n) is 11.8. The molecule has 376 valence electrons. The second-order valence-corrected chi connectivity index (χ2v) is 17.5. The van der Waals surface area contributed by atoms with Crippen LogP contribution in [0, 0.1) is 0 Å². The van der Waals surface area contributed by atoms with Crippen LogP contribution in [0.25, 0.3) is 0 Å². The van der Waals surface area contributed by atoms with E-state index in [0.717, 1.165) is 70.2 Å². The van der Waals surface area contributed by atoms with E-state index in [1.807, 2.05) is 74.5 Å². The van der Waals surface area contributed by atoms with Crippen molar-refractivity contribution in [2.75, 3.05) is 50.3 Å². The van der Waals surface area contributed by atoms with Gasteiger partial charge in [-0.25, -0.2) is 0 Å². The molecule has 0 heterocycles. The SMILES string of the molecule is CCCOc1c2cccc1Cc1cc(NC(=O)COc3cccc(C=O)c3O)cc(c1OCCC)Cc1cccc(c1OCCC)Cc1cc(NC(=O)COc3cccc(C=O)c3O)cc(c1OCCC)C2. The molecule has 72 heavy (non-hydrogen) atoms. The molecular formula is C58H62N2O12. The number of benzene rings is 6. The Morgan fingerprint density at radius 1 is 0.444 bits per heavy atom. The normalized spacial score (nSPS) is 11.7. The van der Waals surface area contributed by atoms with Gasteiger partial charge in [-0.15, -0.1) is 0 Å². The first-order chi connectivity index (χ1) is 35.1. The molecule has 0 saturated heterocycles. The van der Waals surface area contributed by atoms with Crippen LogP contribution in [0.1, 0.15) is 119 Å². The van der Waals surface area contributed by atoms with Crippen LogP contribution in [-0.4, -0.2) is 74.2 Å². The van der Waals surface area contributed by atoms with Crippen molar-refractivity contribution in [3.8, 4) is 46.0 Å². The summed E-state index contributed by atoms with van der Waals surface area (Å²) >= 11 is 0. The molecule has 14 nitrogen and oxygen atoms in total. The van der Waals surface area contributed by atoms with Gasteiger partial charge in [0.05, 0.1) is 37.6 Å². The summed E-state index contributed by atoms with van der Waals surface area (Å²) in [6.07, 6.45) is 5.47. The first-order valence-electron chi connectivity index (χ1n) is 24.5. The fourth-order valence-electron chi connectivity index (χ4n) is 8.57. The first-order valence-corrected chi connectivity index (χ1v) is 24.5. The summed E-state index contributed by atoms with van der Waals surface area (Å²) in [5.41, 5.74) is 7.84. The van der Waals surface area contributed by atoms with Crippen LogP contribution < -0.4 is 39.1 Å². The monoisotopic (exact) mass is 978 g/mol. The van der Waals surface area contributed by atoms with Gasteiger partial charge in [-0.3, -0.25) is 19.2 Å². The Kier molecular flexibility index (Phi) is 18.2. The van der Waals surface area contributed by atoms with Crippen molar-refractivity contribution >= 4 is 35.8 Å². The van der Waals surface area contributed by atoms with E-state index in [-0.39, 0.29) is 34.1 Å². The number of anilines is 2. The lowest BCUT2D eigenvalue weighted by molar-refractivity contribution is -0.118. The Bertz CT molecular complexity index is 2610. The van der Waals surface area contributed by atoms with Gasteiger partial charge < -0.3 is 49.3 Å². The van der Waals surface area contributed by atoms with Crippen LogP contribution in [0.3, 0.4) is 0 Å². The second kappa shape index (κ2) is 25.2. The Morgan fingerprint density at radius 2 is 0.736 bits per heavy atom. The zero-order valence-electron chi connectivity index (χ0n) is 41.3.